The molecule has 96 valence electrons. The van der Waals surface area contributed by atoms with Gasteiger partial charge in [0.2, 0.25) is 0 Å². The topological polar surface area (TPSA) is 58.6 Å². The number of ketones is 1. The van der Waals surface area contributed by atoms with Crippen LogP contribution in [0.4, 0.5) is 0 Å². The molecule has 3 aromatic rings. The Morgan fingerprint density at radius 2 is 1.85 bits per heavy atom. The van der Waals surface area contributed by atoms with Gasteiger partial charge in [0, 0.05) is 18.2 Å². The van der Waals surface area contributed by atoms with Gasteiger partial charge in [-0.05, 0) is 17.2 Å². The van der Waals surface area contributed by atoms with Gasteiger partial charge >= 0.3 is 0 Å². The molecule has 2 heterocycles. The van der Waals surface area contributed by atoms with Crippen molar-refractivity contribution in [1.29, 1.82) is 0 Å². The van der Waals surface area contributed by atoms with Crippen molar-refractivity contribution in [2.45, 2.75) is 6.42 Å². The highest BCUT2D eigenvalue weighted by molar-refractivity contribution is 6.04. The first-order chi connectivity index (χ1) is 9.83. The number of carbonyl (C=O) groups excluding carboxylic acids is 1. The number of hydrogen-bond donors (Lipinski definition) is 1. The maximum absolute atomic E-state index is 12.1. The van der Waals surface area contributed by atoms with Crippen LogP contribution in [0.1, 0.15) is 16.1 Å². The van der Waals surface area contributed by atoms with Gasteiger partial charge in [-0.2, -0.15) is 0 Å². The minimum absolute atomic E-state index is 0.0667. The molecule has 4 rings (SSSR count). The lowest BCUT2D eigenvalue weighted by molar-refractivity contribution is 0.0987. The lowest BCUT2D eigenvalue weighted by Gasteiger charge is -2.14. The summed E-state index contributed by atoms with van der Waals surface area (Å²) >= 11 is 0. The molecule has 1 N–H and O–H groups in total. The zero-order chi connectivity index (χ0) is 13.5. The number of aromatic nitrogens is 3. The van der Waals surface area contributed by atoms with Gasteiger partial charge in [-0.25, -0.2) is 4.98 Å². The number of Topliss-reactive ketones (excluding diaryl/α,β-unsaturated/α-hetero) is 1. The smallest absolute Gasteiger partial charge is 0.185 e. The second-order valence-corrected chi connectivity index (χ2v) is 4.82. The maximum atomic E-state index is 12.1. The van der Waals surface area contributed by atoms with Crippen molar-refractivity contribution in [2.75, 3.05) is 0 Å². The maximum Gasteiger partial charge on any atom is 0.185 e. The lowest BCUT2D eigenvalue weighted by Crippen LogP contribution is -2.13. The highest BCUT2D eigenvalue weighted by Crippen LogP contribution is 2.31. The minimum Gasteiger partial charge on any atom is -0.342 e. The van der Waals surface area contributed by atoms with Gasteiger partial charge < -0.3 is 4.98 Å². The Morgan fingerprint density at radius 3 is 2.70 bits per heavy atom. The van der Waals surface area contributed by atoms with Gasteiger partial charge in [0.05, 0.1) is 12.0 Å². The van der Waals surface area contributed by atoms with Crippen LogP contribution in [0.2, 0.25) is 0 Å². The van der Waals surface area contributed by atoms with E-state index in [4.69, 9.17) is 0 Å². The van der Waals surface area contributed by atoms with E-state index in [1.165, 1.54) is 0 Å². The molecule has 1 aromatic carbocycles. The lowest BCUT2D eigenvalue weighted by atomic mass is 9.93. The normalized spacial score (nSPS) is 12.9. The highest BCUT2D eigenvalue weighted by atomic mass is 16.1. The molecule has 20 heavy (non-hydrogen) atoms. The molecule has 0 amide bonds. The van der Waals surface area contributed by atoms with E-state index in [2.05, 4.69) is 15.0 Å². The molecule has 1 aliphatic carbocycles. The summed E-state index contributed by atoms with van der Waals surface area (Å²) in [5.74, 6) is 0.0667. The van der Waals surface area contributed by atoms with Crippen LogP contribution in [0.5, 0.6) is 0 Å². The summed E-state index contributed by atoms with van der Waals surface area (Å²) in [4.78, 5) is 23.7. The second kappa shape index (κ2) is 4.13. The van der Waals surface area contributed by atoms with E-state index in [1.807, 2.05) is 42.6 Å². The molecule has 0 fully saturated rings. The van der Waals surface area contributed by atoms with Crippen LogP contribution in [0.3, 0.4) is 0 Å². The third-order valence-corrected chi connectivity index (χ3v) is 3.57. The summed E-state index contributed by atoms with van der Waals surface area (Å²) in [7, 11) is 0. The van der Waals surface area contributed by atoms with Crippen LogP contribution in [0.15, 0.2) is 48.9 Å². The predicted octanol–water partition coefficient (Wildman–Crippen LogP) is 2.88. The molecule has 0 aliphatic heterocycles. The van der Waals surface area contributed by atoms with Crippen LogP contribution in [0, 0.1) is 0 Å². The van der Waals surface area contributed by atoms with Crippen molar-refractivity contribution in [3.63, 3.8) is 0 Å². The van der Waals surface area contributed by atoms with E-state index >= 15 is 0 Å². The summed E-state index contributed by atoms with van der Waals surface area (Å²) in [6.45, 7) is 0. The van der Waals surface area contributed by atoms with Crippen molar-refractivity contribution >= 4 is 5.78 Å². The first kappa shape index (κ1) is 11.1. The number of benzene rings is 1. The van der Waals surface area contributed by atoms with Crippen molar-refractivity contribution in [3.8, 4) is 22.5 Å². The molecule has 4 heteroatoms. The molecule has 1 aliphatic rings. The van der Waals surface area contributed by atoms with Crippen molar-refractivity contribution < 1.29 is 4.79 Å². The van der Waals surface area contributed by atoms with Crippen molar-refractivity contribution in [2.24, 2.45) is 0 Å². The van der Waals surface area contributed by atoms with Crippen LogP contribution in [0.25, 0.3) is 22.5 Å². The minimum atomic E-state index is 0.0667. The summed E-state index contributed by atoms with van der Waals surface area (Å²) in [5, 5.41) is 0. The number of pyridine rings is 1. The third kappa shape index (κ3) is 1.58. The first-order valence-electron chi connectivity index (χ1n) is 6.44. The summed E-state index contributed by atoms with van der Waals surface area (Å²) in [5.41, 5.74) is 5.10. The van der Waals surface area contributed by atoms with Gasteiger partial charge in [-0.1, -0.05) is 30.3 Å². The van der Waals surface area contributed by atoms with E-state index in [0.717, 1.165) is 22.4 Å². The first-order valence-corrected chi connectivity index (χ1v) is 6.44. The van der Waals surface area contributed by atoms with Gasteiger partial charge in [0.15, 0.2) is 5.78 Å². The molecule has 0 unspecified atom stereocenters. The number of hydrogen-bond acceptors (Lipinski definition) is 3. The zero-order valence-electron chi connectivity index (χ0n) is 10.6. The Hall–Kier alpha value is -2.75. The molecule has 4 nitrogen and oxygen atoms in total. The van der Waals surface area contributed by atoms with Crippen LogP contribution in [-0.4, -0.2) is 20.7 Å². The monoisotopic (exact) mass is 261 g/mol. The Labute approximate surface area is 115 Å². The molecule has 0 radical (unpaired) electrons. The molecule has 0 saturated heterocycles. The van der Waals surface area contributed by atoms with Gasteiger partial charge in [0.1, 0.15) is 11.4 Å². The van der Waals surface area contributed by atoms with Gasteiger partial charge in [-0.15, -0.1) is 0 Å². The number of H-pyrrole nitrogens is 1. The Kier molecular flexibility index (Phi) is 2.29. The zero-order valence-corrected chi connectivity index (χ0v) is 10.6. The van der Waals surface area contributed by atoms with E-state index in [-0.39, 0.29) is 5.78 Å². The number of rotatable bonds is 1. The number of aromatic amines is 1. The Morgan fingerprint density at radius 1 is 1.00 bits per heavy atom. The number of fused-ring (bicyclic) bond motifs is 3. The number of nitrogens with one attached hydrogen (secondary N) is 1. The van der Waals surface area contributed by atoms with E-state index in [9.17, 15) is 4.79 Å². The summed E-state index contributed by atoms with van der Waals surface area (Å²) < 4.78 is 0. The average molecular weight is 261 g/mol. The molecule has 0 saturated carbocycles. The number of nitrogens with zero attached hydrogens (tertiary/aromatic N) is 2. The largest absolute Gasteiger partial charge is 0.342 e. The fourth-order valence-electron chi connectivity index (χ4n) is 2.59. The van der Waals surface area contributed by atoms with E-state index < -0.39 is 0 Å². The third-order valence-electron chi connectivity index (χ3n) is 3.57. The molecule has 2 aromatic heterocycles. The average Bonchev–Trinajstić information content (AvgIpc) is 2.98. The highest BCUT2D eigenvalue weighted by Gasteiger charge is 2.26. The number of imidazole rings is 1. The summed E-state index contributed by atoms with van der Waals surface area (Å²) in [6, 6.07) is 12.1. The van der Waals surface area contributed by atoms with Crippen LogP contribution < -0.4 is 0 Å². The van der Waals surface area contributed by atoms with E-state index in [1.54, 1.807) is 6.33 Å². The van der Waals surface area contributed by atoms with Gasteiger partial charge in [0.25, 0.3) is 0 Å². The van der Waals surface area contributed by atoms with Crippen molar-refractivity contribution in [1.82, 2.24) is 15.0 Å². The molecular weight excluding hydrogens is 250 g/mol. The standard InChI is InChI=1S/C16H11N3O/c20-13-7-11-6-12(10-4-2-1-3-5-10)8-17-14(11)16-15(13)18-9-19-16/h1-6,8-9H,7H2,(H,18,19). The predicted molar refractivity (Wildman–Crippen MR) is 75.3 cm³/mol. The van der Waals surface area contributed by atoms with Gasteiger partial charge in [-0.3, -0.25) is 9.78 Å². The number of carbonyl (C=O) groups is 1. The summed E-state index contributed by atoms with van der Waals surface area (Å²) in [6.07, 6.45) is 3.76. The molecule has 0 bridgehead atoms. The second-order valence-electron chi connectivity index (χ2n) is 4.82. The van der Waals surface area contributed by atoms with Crippen LogP contribution in [-0.2, 0) is 6.42 Å². The quantitative estimate of drug-likeness (QED) is 0.732. The SMILES string of the molecule is O=C1Cc2cc(-c3ccccc3)cnc2-c2nc[nH]c21. The molecular formula is C16H11N3O. The molecule has 0 spiro atoms. The fraction of sp³-hybridized carbons (Fsp3) is 0.0625. The van der Waals surface area contributed by atoms with E-state index in [0.29, 0.717) is 17.8 Å². The molecule has 0 atom stereocenters. The Bertz CT molecular complexity index is 806. The van der Waals surface area contributed by atoms with Crippen LogP contribution >= 0.6 is 0 Å². The Balaban J connectivity index is 1.88. The van der Waals surface area contributed by atoms with Crippen molar-refractivity contribution in [3.05, 3.63) is 60.2 Å². The fourth-order valence-corrected chi connectivity index (χ4v) is 2.59.